The zero-order chi connectivity index (χ0) is 17.2. The Morgan fingerprint density at radius 2 is 1.96 bits per heavy atom. The van der Waals surface area contributed by atoms with Gasteiger partial charge in [0, 0.05) is 42.2 Å². The molecular formula is C19H22Cl2N4OS. The minimum Gasteiger partial charge on any atom is -0.337 e. The number of likely N-dealkylation sites (tertiary alicyclic amines) is 1. The van der Waals surface area contributed by atoms with Gasteiger partial charge in [0.05, 0.1) is 11.3 Å². The van der Waals surface area contributed by atoms with Crippen molar-refractivity contribution in [2.75, 3.05) is 13.1 Å². The summed E-state index contributed by atoms with van der Waals surface area (Å²) in [5.74, 6) is 0.803. The smallest absolute Gasteiger partial charge is 0.255 e. The molecule has 0 radical (unpaired) electrons. The van der Waals surface area contributed by atoms with Crippen LogP contribution in [0, 0.1) is 0 Å². The zero-order valence-corrected chi connectivity index (χ0v) is 17.1. The first-order chi connectivity index (χ1) is 12.2. The number of hydrogen-bond acceptors (Lipinski definition) is 4. The summed E-state index contributed by atoms with van der Waals surface area (Å²) in [6.07, 6.45) is 4.90. The second-order valence-electron chi connectivity index (χ2n) is 6.28. The summed E-state index contributed by atoms with van der Waals surface area (Å²) in [6, 6.07) is 13.8. The number of imidazole rings is 1. The van der Waals surface area contributed by atoms with Crippen LogP contribution in [-0.4, -0.2) is 39.3 Å². The van der Waals surface area contributed by atoms with Crippen molar-refractivity contribution in [3.05, 3.63) is 66.1 Å². The van der Waals surface area contributed by atoms with Gasteiger partial charge in [-0.25, -0.2) is 4.98 Å². The molecule has 1 aliphatic rings. The number of rotatable bonds is 4. The normalized spacial score (nSPS) is 16.0. The van der Waals surface area contributed by atoms with Crippen molar-refractivity contribution in [3.63, 3.8) is 0 Å². The highest BCUT2D eigenvalue weighted by atomic mass is 35.5. The van der Waals surface area contributed by atoms with E-state index in [-0.39, 0.29) is 36.8 Å². The topological polar surface area (TPSA) is 63.6 Å². The van der Waals surface area contributed by atoms with E-state index in [1.54, 1.807) is 11.8 Å². The number of carbonyl (C=O) groups is 1. The molecule has 2 aromatic heterocycles. The maximum Gasteiger partial charge on any atom is 0.255 e. The summed E-state index contributed by atoms with van der Waals surface area (Å²) < 4.78 is 2.01. The van der Waals surface area contributed by atoms with E-state index in [0.717, 1.165) is 40.5 Å². The number of benzene rings is 1. The van der Waals surface area contributed by atoms with Gasteiger partial charge in [-0.3, -0.25) is 4.79 Å². The summed E-state index contributed by atoms with van der Waals surface area (Å²) in [5, 5.41) is 0. The molecule has 1 aromatic carbocycles. The Kier molecular flexibility index (Phi) is 7.56. The monoisotopic (exact) mass is 424 g/mol. The van der Waals surface area contributed by atoms with E-state index in [1.165, 1.54) is 0 Å². The predicted molar refractivity (Wildman–Crippen MR) is 114 cm³/mol. The average molecular weight is 425 g/mol. The molecule has 3 heterocycles. The Morgan fingerprint density at radius 1 is 1.19 bits per heavy atom. The first-order valence-electron chi connectivity index (χ1n) is 8.40. The maximum atomic E-state index is 12.8. The van der Waals surface area contributed by atoms with Gasteiger partial charge in [-0.1, -0.05) is 18.2 Å². The number of pyridine rings is 1. The minimum atomic E-state index is 0. The van der Waals surface area contributed by atoms with E-state index in [0.29, 0.717) is 6.54 Å². The van der Waals surface area contributed by atoms with E-state index in [1.807, 2.05) is 64.2 Å². The number of nitrogens with zero attached hydrogens (tertiary/aromatic N) is 3. The van der Waals surface area contributed by atoms with E-state index in [9.17, 15) is 4.79 Å². The summed E-state index contributed by atoms with van der Waals surface area (Å²) in [5.41, 5.74) is 8.64. The molecule has 4 rings (SSSR count). The number of carbonyl (C=O) groups excluding carboxylic acids is 1. The van der Waals surface area contributed by atoms with Crippen LogP contribution < -0.4 is 5.73 Å². The Balaban J connectivity index is 0.00000131. The van der Waals surface area contributed by atoms with Crippen molar-refractivity contribution in [3.8, 4) is 0 Å². The van der Waals surface area contributed by atoms with Crippen LogP contribution in [0.5, 0.6) is 0 Å². The van der Waals surface area contributed by atoms with Gasteiger partial charge in [0.2, 0.25) is 0 Å². The standard InChI is InChI=1S/C19H20N4OS.2ClH/c20-14-8-10-23(11-14)19(24)16-5-1-2-6-17(16)25-13-15-12-22-9-4-3-7-18(22)21-15;;/h1-7,9,12,14H,8,10-11,13,20H2;2*1H/t14-;;/m1../s1. The predicted octanol–water partition coefficient (Wildman–Crippen LogP) is 3.64. The molecule has 8 heteroatoms. The van der Waals surface area contributed by atoms with Gasteiger partial charge < -0.3 is 15.0 Å². The third-order valence-electron chi connectivity index (χ3n) is 4.42. The number of nitrogens with two attached hydrogens (primary N) is 1. The van der Waals surface area contributed by atoms with Crippen LogP contribution in [0.15, 0.2) is 59.8 Å². The quantitative estimate of drug-likeness (QED) is 0.649. The van der Waals surface area contributed by atoms with Crippen molar-refractivity contribution >= 4 is 48.1 Å². The number of aromatic nitrogens is 2. The Hall–Kier alpha value is -1.73. The fourth-order valence-electron chi connectivity index (χ4n) is 3.12. The molecular weight excluding hydrogens is 403 g/mol. The molecule has 0 spiro atoms. The molecule has 1 fully saturated rings. The SMILES string of the molecule is Cl.Cl.N[C@@H]1CCN(C(=O)c2ccccc2SCc2cn3ccccc3n2)C1. The Bertz CT molecular complexity index is 884. The Labute approximate surface area is 175 Å². The first-order valence-corrected chi connectivity index (χ1v) is 9.38. The van der Waals surface area contributed by atoms with Crippen LogP contribution in [0.2, 0.25) is 0 Å². The van der Waals surface area contributed by atoms with Crippen LogP contribution >= 0.6 is 36.6 Å². The number of halogens is 2. The lowest BCUT2D eigenvalue weighted by atomic mass is 10.2. The summed E-state index contributed by atoms with van der Waals surface area (Å²) >= 11 is 1.65. The molecule has 2 N–H and O–H groups in total. The highest BCUT2D eigenvalue weighted by Gasteiger charge is 2.25. The van der Waals surface area contributed by atoms with E-state index < -0.39 is 0 Å². The molecule has 0 bridgehead atoms. The van der Waals surface area contributed by atoms with Gasteiger partial charge in [0.1, 0.15) is 5.65 Å². The fourth-order valence-corrected chi connectivity index (χ4v) is 4.05. The van der Waals surface area contributed by atoms with Gasteiger partial charge in [-0.05, 0) is 30.7 Å². The third-order valence-corrected chi connectivity index (χ3v) is 5.53. The van der Waals surface area contributed by atoms with Crippen LogP contribution in [0.3, 0.4) is 0 Å². The number of amides is 1. The van der Waals surface area contributed by atoms with Crippen LogP contribution in [0.1, 0.15) is 22.5 Å². The van der Waals surface area contributed by atoms with Crippen LogP contribution in [0.25, 0.3) is 5.65 Å². The first kappa shape index (κ1) is 21.6. The van der Waals surface area contributed by atoms with E-state index in [2.05, 4.69) is 4.98 Å². The third kappa shape index (κ3) is 4.76. The molecule has 3 aromatic rings. The summed E-state index contributed by atoms with van der Waals surface area (Å²) in [6.45, 7) is 1.38. The number of fused-ring (bicyclic) bond motifs is 1. The molecule has 0 aliphatic carbocycles. The number of thioether (sulfide) groups is 1. The lowest BCUT2D eigenvalue weighted by Gasteiger charge is -2.17. The van der Waals surface area contributed by atoms with Gasteiger partial charge in [-0.15, -0.1) is 36.6 Å². The van der Waals surface area contributed by atoms with Crippen molar-refractivity contribution in [1.82, 2.24) is 14.3 Å². The molecule has 144 valence electrons. The minimum absolute atomic E-state index is 0. The molecule has 5 nitrogen and oxygen atoms in total. The number of hydrogen-bond donors (Lipinski definition) is 1. The van der Waals surface area contributed by atoms with Gasteiger partial charge >= 0.3 is 0 Å². The molecule has 27 heavy (non-hydrogen) atoms. The lowest BCUT2D eigenvalue weighted by Crippen LogP contribution is -2.32. The van der Waals surface area contributed by atoms with Crippen LogP contribution in [0.4, 0.5) is 0 Å². The second-order valence-corrected chi connectivity index (χ2v) is 7.30. The maximum absolute atomic E-state index is 12.8. The second kappa shape index (κ2) is 9.46. The average Bonchev–Trinajstić information content (AvgIpc) is 3.25. The molecule has 1 saturated heterocycles. The molecule has 0 saturated carbocycles. The summed E-state index contributed by atoms with van der Waals surface area (Å²) in [4.78, 5) is 20.3. The molecule has 1 aliphatic heterocycles. The fraction of sp³-hybridized carbons (Fsp3) is 0.263. The van der Waals surface area contributed by atoms with Gasteiger partial charge in [-0.2, -0.15) is 0 Å². The molecule has 1 atom stereocenters. The molecule has 0 unspecified atom stereocenters. The lowest BCUT2D eigenvalue weighted by molar-refractivity contribution is 0.0787. The highest BCUT2D eigenvalue weighted by Crippen LogP contribution is 2.28. The van der Waals surface area contributed by atoms with Crippen LogP contribution in [-0.2, 0) is 5.75 Å². The van der Waals surface area contributed by atoms with Crippen molar-refractivity contribution in [1.29, 1.82) is 0 Å². The summed E-state index contributed by atoms with van der Waals surface area (Å²) in [7, 11) is 0. The van der Waals surface area contributed by atoms with E-state index >= 15 is 0 Å². The highest BCUT2D eigenvalue weighted by molar-refractivity contribution is 7.98. The van der Waals surface area contributed by atoms with Gasteiger partial charge in [0.15, 0.2) is 0 Å². The largest absolute Gasteiger partial charge is 0.337 e. The van der Waals surface area contributed by atoms with Crippen molar-refractivity contribution in [2.24, 2.45) is 5.73 Å². The molecule has 1 amide bonds. The van der Waals surface area contributed by atoms with E-state index in [4.69, 9.17) is 5.73 Å². The Morgan fingerprint density at radius 3 is 2.70 bits per heavy atom. The van der Waals surface area contributed by atoms with Gasteiger partial charge in [0.25, 0.3) is 5.91 Å². The zero-order valence-electron chi connectivity index (χ0n) is 14.7. The van der Waals surface area contributed by atoms with Crippen molar-refractivity contribution < 1.29 is 4.79 Å². The van der Waals surface area contributed by atoms with Crippen molar-refractivity contribution in [2.45, 2.75) is 23.1 Å².